The van der Waals surface area contributed by atoms with Gasteiger partial charge in [-0.1, -0.05) is 236 Å². The van der Waals surface area contributed by atoms with Gasteiger partial charge in [0.15, 0.2) is 6.10 Å². The number of unbranched alkanes of at least 4 members (excludes halogenated alkanes) is 29. The highest BCUT2D eigenvalue weighted by Crippen LogP contribution is 2.16. The van der Waals surface area contributed by atoms with Crippen molar-refractivity contribution in [2.24, 2.45) is 0 Å². The van der Waals surface area contributed by atoms with Crippen LogP contribution >= 0.6 is 0 Å². The lowest BCUT2D eigenvalue weighted by Gasteiger charge is -2.18. The van der Waals surface area contributed by atoms with Crippen molar-refractivity contribution in [2.75, 3.05) is 13.2 Å². The lowest BCUT2D eigenvalue weighted by molar-refractivity contribution is -0.166. The van der Waals surface area contributed by atoms with Gasteiger partial charge in [-0.25, -0.2) is 0 Å². The molecule has 0 aliphatic rings. The molecule has 6 nitrogen and oxygen atoms in total. The maximum absolute atomic E-state index is 12.8. The third-order valence-electron chi connectivity index (χ3n) is 11.4. The van der Waals surface area contributed by atoms with E-state index in [1.165, 1.54) is 167 Å². The highest BCUT2D eigenvalue weighted by Gasteiger charge is 2.19. The average Bonchev–Trinajstić information content (AvgIpc) is 3.26. The van der Waals surface area contributed by atoms with Gasteiger partial charge in [0.2, 0.25) is 0 Å². The molecule has 0 aromatic carbocycles. The van der Waals surface area contributed by atoms with Crippen molar-refractivity contribution in [3.8, 4) is 0 Å². The van der Waals surface area contributed by atoms with Crippen molar-refractivity contribution in [2.45, 2.75) is 271 Å². The highest BCUT2D eigenvalue weighted by molar-refractivity contribution is 5.72. The number of esters is 3. The minimum absolute atomic E-state index is 0.0991. The number of hydrogen-bond donors (Lipinski definition) is 0. The number of rotatable bonds is 47. The third kappa shape index (κ3) is 48.3. The summed E-state index contributed by atoms with van der Waals surface area (Å²) in [6, 6.07) is 0. The zero-order valence-electron chi connectivity index (χ0n) is 40.4. The number of hydrogen-bond acceptors (Lipinski definition) is 6. The Morgan fingerprint density at radius 3 is 1.15 bits per heavy atom. The lowest BCUT2D eigenvalue weighted by Crippen LogP contribution is -2.30. The maximum atomic E-state index is 12.8. The Hall–Kier alpha value is -2.63. The van der Waals surface area contributed by atoms with Crippen LogP contribution in [0.2, 0.25) is 0 Å². The summed E-state index contributed by atoms with van der Waals surface area (Å²) in [5, 5.41) is 0. The molecule has 0 spiro atoms. The predicted molar refractivity (Wildman–Crippen MR) is 261 cm³/mol. The van der Waals surface area contributed by atoms with Gasteiger partial charge in [0.05, 0.1) is 6.42 Å². The van der Waals surface area contributed by atoms with Crippen molar-refractivity contribution in [1.29, 1.82) is 0 Å². The summed E-state index contributed by atoms with van der Waals surface area (Å²) >= 11 is 0. The van der Waals surface area contributed by atoms with Crippen molar-refractivity contribution < 1.29 is 28.6 Å². The second-order valence-corrected chi connectivity index (χ2v) is 17.4. The van der Waals surface area contributed by atoms with Crippen LogP contribution in [-0.4, -0.2) is 37.2 Å². The normalized spacial score (nSPS) is 12.4. The van der Waals surface area contributed by atoms with E-state index >= 15 is 0 Å². The van der Waals surface area contributed by atoms with Crippen LogP contribution < -0.4 is 0 Å². The fraction of sp³-hybridized carbons (Fsp3) is 0.800. The standard InChI is InChI=1S/C55H98O6/c1-4-7-10-13-16-19-21-23-25-26-27-28-30-31-33-36-39-42-45-48-54(57)60-51-52(50-59-53(56)47-44-41-38-35-18-15-12-9-6-3)61-55(58)49-46-43-40-37-34-32-29-24-22-20-17-14-11-8-5-2/h9,12,18,20,22,35,41,44,52H,4-8,10-11,13-17,19,21,23-34,36-40,42-43,45-51H2,1-3H3/b12-9-,22-20-,35-18-,44-41-. The number of carbonyl (C=O) groups is 3. The minimum Gasteiger partial charge on any atom is -0.462 e. The fourth-order valence-electron chi connectivity index (χ4n) is 7.44. The molecule has 0 radical (unpaired) electrons. The molecule has 354 valence electrons. The van der Waals surface area contributed by atoms with E-state index in [1.54, 1.807) is 6.08 Å². The molecule has 0 aliphatic heterocycles. The molecule has 1 atom stereocenters. The minimum atomic E-state index is -0.806. The van der Waals surface area contributed by atoms with Crippen molar-refractivity contribution in [3.05, 3.63) is 48.6 Å². The van der Waals surface area contributed by atoms with E-state index in [9.17, 15) is 14.4 Å². The van der Waals surface area contributed by atoms with Gasteiger partial charge >= 0.3 is 17.9 Å². The first-order valence-electron chi connectivity index (χ1n) is 26.1. The van der Waals surface area contributed by atoms with E-state index in [0.717, 1.165) is 57.8 Å². The lowest BCUT2D eigenvalue weighted by atomic mass is 10.0. The Morgan fingerprint density at radius 1 is 0.361 bits per heavy atom. The van der Waals surface area contributed by atoms with Crippen molar-refractivity contribution in [3.63, 3.8) is 0 Å². The van der Waals surface area contributed by atoms with Gasteiger partial charge in [0.1, 0.15) is 13.2 Å². The Morgan fingerprint density at radius 2 is 0.705 bits per heavy atom. The fourth-order valence-corrected chi connectivity index (χ4v) is 7.44. The molecule has 0 saturated heterocycles. The highest BCUT2D eigenvalue weighted by atomic mass is 16.6. The van der Waals surface area contributed by atoms with E-state index in [0.29, 0.717) is 12.8 Å². The zero-order valence-corrected chi connectivity index (χ0v) is 40.4. The largest absolute Gasteiger partial charge is 0.462 e. The Bertz CT molecular complexity index is 1070. The molecule has 6 heteroatoms. The van der Waals surface area contributed by atoms with E-state index in [-0.39, 0.29) is 31.6 Å². The summed E-state index contributed by atoms with van der Waals surface area (Å²) in [4.78, 5) is 37.8. The molecule has 0 aromatic rings. The summed E-state index contributed by atoms with van der Waals surface area (Å²) < 4.78 is 16.7. The summed E-state index contributed by atoms with van der Waals surface area (Å²) in [6.07, 6.45) is 60.0. The zero-order chi connectivity index (χ0) is 44.4. The molecule has 1 unspecified atom stereocenters. The molecule has 0 heterocycles. The van der Waals surface area contributed by atoms with Crippen molar-refractivity contribution >= 4 is 17.9 Å². The molecular formula is C55H98O6. The van der Waals surface area contributed by atoms with Crippen LogP contribution in [0.4, 0.5) is 0 Å². The second-order valence-electron chi connectivity index (χ2n) is 17.4. The Labute approximate surface area is 378 Å². The monoisotopic (exact) mass is 855 g/mol. The molecule has 61 heavy (non-hydrogen) atoms. The number of ether oxygens (including phenoxy) is 3. The van der Waals surface area contributed by atoms with Crippen LogP contribution in [-0.2, 0) is 28.6 Å². The molecular weight excluding hydrogens is 757 g/mol. The van der Waals surface area contributed by atoms with Crippen LogP contribution in [0.5, 0.6) is 0 Å². The maximum Gasteiger partial charge on any atom is 0.309 e. The molecule has 0 saturated carbocycles. The first-order valence-corrected chi connectivity index (χ1v) is 26.1. The van der Waals surface area contributed by atoms with Crippen LogP contribution in [0.15, 0.2) is 48.6 Å². The topological polar surface area (TPSA) is 78.9 Å². The molecule has 0 rings (SSSR count). The Balaban J connectivity index is 4.30. The smallest absolute Gasteiger partial charge is 0.309 e. The molecule has 0 aliphatic carbocycles. The van der Waals surface area contributed by atoms with Crippen LogP contribution in [0.1, 0.15) is 265 Å². The summed E-state index contributed by atoms with van der Waals surface area (Å²) in [5.74, 6) is -1.03. The van der Waals surface area contributed by atoms with Crippen LogP contribution in [0.25, 0.3) is 0 Å². The summed E-state index contributed by atoms with van der Waals surface area (Å²) in [5.41, 5.74) is 0. The van der Waals surface area contributed by atoms with Gasteiger partial charge in [-0.3, -0.25) is 14.4 Å². The molecule has 0 N–H and O–H groups in total. The quantitative estimate of drug-likeness (QED) is 0.0263. The summed E-state index contributed by atoms with van der Waals surface area (Å²) in [6.45, 7) is 6.43. The summed E-state index contributed by atoms with van der Waals surface area (Å²) in [7, 11) is 0. The van der Waals surface area contributed by atoms with Gasteiger partial charge in [0, 0.05) is 12.8 Å². The first-order chi connectivity index (χ1) is 30.0. The van der Waals surface area contributed by atoms with Gasteiger partial charge in [0.25, 0.3) is 0 Å². The van der Waals surface area contributed by atoms with E-state index in [2.05, 4.69) is 57.2 Å². The SMILES string of the molecule is CC/C=C\C/C=C\C/C=C\CC(=O)OCC(COC(=O)CCCCCCCCCCCCCCCCCCCCC)OC(=O)CCCCCCCCC/C=C\CCCCCC. The number of allylic oxidation sites excluding steroid dienone is 7. The average molecular weight is 855 g/mol. The molecule has 0 fully saturated rings. The van der Waals surface area contributed by atoms with Gasteiger partial charge < -0.3 is 14.2 Å². The molecule has 0 bridgehead atoms. The Kier molecular flexibility index (Phi) is 47.9. The van der Waals surface area contributed by atoms with E-state index in [4.69, 9.17) is 14.2 Å². The van der Waals surface area contributed by atoms with Crippen LogP contribution in [0.3, 0.4) is 0 Å². The molecule has 0 aromatic heterocycles. The second kappa shape index (κ2) is 50.0. The van der Waals surface area contributed by atoms with Gasteiger partial charge in [-0.15, -0.1) is 0 Å². The van der Waals surface area contributed by atoms with Crippen LogP contribution in [0, 0.1) is 0 Å². The van der Waals surface area contributed by atoms with Gasteiger partial charge in [-0.2, -0.15) is 0 Å². The van der Waals surface area contributed by atoms with E-state index < -0.39 is 12.1 Å². The molecule has 0 amide bonds. The number of carbonyl (C=O) groups excluding carboxylic acids is 3. The predicted octanol–water partition coefficient (Wildman–Crippen LogP) is 17.1. The van der Waals surface area contributed by atoms with Gasteiger partial charge in [-0.05, 0) is 57.8 Å². The van der Waals surface area contributed by atoms with E-state index in [1.807, 2.05) is 6.08 Å². The third-order valence-corrected chi connectivity index (χ3v) is 11.4. The first kappa shape index (κ1) is 58.4. The van der Waals surface area contributed by atoms with Crippen molar-refractivity contribution in [1.82, 2.24) is 0 Å².